The minimum absolute atomic E-state index is 0.153. The summed E-state index contributed by atoms with van der Waals surface area (Å²) >= 11 is 0. The number of hydrogen-bond acceptors (Lipinski definition) is 6. The van der Waals surface area contributed by atoms with Crippen LogP contribution in [0.5, 0.6) is 0 Å². The lowest BCUT2D eigenvalue weighted by Crippen LogP contribution is -2.04. The van der Waals surface area contributed by atoms with E-state index >= 15 is 0 Å². The molecule has 0 unspecified atom stereocenters. The number of nitrogens with two attached hydrogens (primary N) is 2. The Hall–Kier alpha value is -1.66. The molecule has 0 amide bonds. The van der Waals surface area contributed by atoms with Gasteiger partial charge in [0.05, 0.1) is 17.1 Å². The van der Waals surface area contributed by atoms with Gasteiger partial charge in [0, 0.05) is 0 Å². The molecule has 0 fully saturated rings. The molecule has 0 aromatic heterocycles. The topological polar surface area (TPSA) is 117 Å². The molecule has 1 aromatic rings. The fraction of sp³-hybridized carbons (Fsp3) is 0. The van der Waals surface area contributed by atoms with Crippen molar-refractivity contribution in [1.29, 1.82) is 0 Å². The average Bonchev–Trinajstić information content (AvgIpc) is 2.06. The molecule has 0 aliphatic rings. The van der Waals surface area contributed by atoms with E-state index in [2.05, 4.69) is 0 Å². The molecule has 0 saturated heterocycles. The molecule has 0 radical (unpaired) electrons. The zero-order valence-corrected chi connectivity index (χ0v) is 6.20. The molecule has 6 nitrogen and oxygen atoms in total. The van der Waals surface area contributed by atoms with Crippen LogP contribution in [0.25, 0.3) is 0 Å². The number of rotatable bonds is 2. The largest absolute Gasteiger partial charge is 0.397 e. The lowest BCUT2D eigenvalue weighted by Gasteiger charge is -2.10. The van der Waals surface area contributed by atoms with Crippen LogP contribution in [-0.4, -0.2) is 10.4 Å². The first-order valence-electron chi connectivity index (χ1n) is 3.19. The van der Waals surface area contributed by atoms with Gasteiger partial charge in [-0.3, -0.25) is 21.4 Å². The Balaban J connectivity index is 3.24. The Bertz CT molecular complexity index is 289. The van der Waals surface area contributed by atoms with E-state index in [1.165, 1.54) is 12.1 Å². The van der Waals surface area contributed by atoms with E-state index in [1.807, 2.05) is 11.0 Å². The number of nitrogens with one attached hydrogen (secondary N) is 2. The molecule has 0 heterocycles. The van der Waals surface area contributed by atoms with E-state index in [9.17, 15) is 0 Å². The third-order valence-corrected chi connectivity index (χ3v) is 1.51. The van der Waals surface area contributed by atoms with Crippen LogP contribution in [0.2, 0.25) is 0 Å². The van der Waals surface area contributed by atoms with Crippen LogP contribution >= 0.6 is 0 Å². The standard InChI is InChI=1S/C6H10N4O2/c7-3-1-2-4(9-11)5(8)6(3)10-12/h1-2,9-12H,7-8H2. The van der Waals surface area contributed by atoms with Crippen LogP contribution < -0.4 is 22.4 Å². The van der Waals surface area contributed by atoms with Crippen molar-refractivity contribution in [2.45, 2.75) is 0 Å². The van der Waals surface area contributed by atoms with Gasteiger partial charge in [-0.05, 0) is 12.1 Å². The van der Waals surface area contributed by atoms with Crippen molar-refractivity contribution in [3.8, 4) is 0 Å². The van der Waals surface area contributed by atoms with Crippen LogP contribution in [0, 0.1) is 0 Å². The molecule has 0 spiro atoms. The summed E-state index contributed by atoms with van der Waals surface area (Å²) in [6, 6.07) is 2.99. The Morgan fingerprint density at radius 1 is 1.08 bits per heavy atom. The molecule has 1 rings (SSSR count). The van der Waals surface area contributed by atoms with Gasteiger partial charge < -0.3 is 11.5 Å². The van der Waals surface area contributed by atoms with Crippen molar-refractivity contribution in [2.75, 3.05) is 22.4 Å². The maximum atomic E-state index is 8.60. The smallest absolute Gasteiger partial charge is 0.108 e. The summed E-state index contributed by atoms with van der Waals surface area (Å²) in [5.41, 5.74) is 15.5. The van der Waals surface area contributed by atoms with E-state index in [0.717, 1.165) is 0 Å². The van der Waals surface area contributed by atoms with Gasteiger partial charge in [-0.1, -0.05) is 0 Å². The maximum Gasteiger partial charge on any atom is 0.108 e. The molecule has 66 valence electrons. The second-order valence-electron chi connectivity index (χ2n) is 2.21. The van der Waals surface area contributed by atoms with Crippen molar-refractivity contribution < 1.29 is 10.4 Å². The summed E-state index contributed by atoms with van der Waals surface area (Å²) in [5.74, 6) is 0. The summed E-state index contributed by atoms with van der Waals surface area (Å²) in [7, 11) is 0. The van der Waals surface area contributed by atoms with Crippen LogP contribution in [-0.2, 0) is 0 Å². The SMILES string of the molecule is Nc1ccc(NO)c(N)c1NO. The third kappa shape index (κ3) is 1.20. The molecule has 0 saturated carbocycles. The minimum Gasteiger partial charge on any atom is -0.397 e. The maximum absolute atomic E-state index is 8.60. The number of anilines is 4. The Labute approximate surface area is 68.7 Å². The molecular weight excluding hydrogens is 160 g/mol. The minimum atomic E-state index is 0.153. The fourth-order valence-corrected chi connectivity index (χ4v) is 0.859. The molecule has 0 aliphatic heterocycles. The average molecular weight is 170 g/mol. The lowest BCUT2D eigenvalue weighted by molar-refractivity contribution is 0.386. The highest BCUT2D eigenvalue weighted by atomic mass is 16.5. The van der Waals surface area contributed by atoms with Crippen LogP contribution in [0.3, 0.4) is 0 Å². The Morgan fingerprint density at radius 3 is 2.25 bits per heavy atom. The Kier molecular flexibility index (Phi) is 2.22. The summed E-state index contributed by atoms with van der Waals surface area (Å²) in [4.78, 5) is 0. The highest BCUT2D eigenvalue weighted by Crippen LogP contribution is 2.31. The van der Waals surface area contributed by atoms with Crippen LogP contribution in [0.4, 0.5) is 22.7 Å². The summed E-state index contributed by atoms with van der Waals surface area (Å²) < 4.78 is 0. The molecule has 12 heavy (non-hydrogen) atoms. The van der Waals surface area contributed by atoms with E-state index in [0.29, 0.717) is 5.69 Å². The number of nitrogen functional groups attached to an aromatic ring is 2. The molecule has 0 aliphatic carbocycles. The lowest BCUT2D eigenvalue weighted by atomic mass is 10.2. The first-order valence-corrected chi connectivity index (χ1v) is 3.19. The molecule has 8 N–H and O–H groups in total. The van der Waals surface area contributed by atoms with Gasteiger partial charge in [-0.2, -0.15) is 0 Å². The van der Waals surface area contributed by atoms with Gasteiger partial charge in [0.2, 0.25) is 0 Å². The second-order valence-corrected chi connectivity index (χ2v) is 2.21. The van der Waals surface area contributed by atoms with E-state index in [4.69, 9.17) is 21.9 Å². The van der Waals surface area contributed by atoms with Gasteiger partial charge in [0.1, 0.15) is 5.69 Å². The molecule has 0 bridgehead atoms. The highest BCUT2D eigenvalue weighted by molar-refractivity contribution is 5.87. The van der Waals surface area contributed by atoms with Gasteiger partial charge in [0.25, 0.3) is 0 Å². The normalized spacial score (nSPS) is 9.50. The second kappa shape index (κ2) is 3.16. The third-order valence-electron chi connectivity index (χ3n) is 1.51. The van der Waals surface area contributed by atoms with Crippen LogP contribution in [0.15, 0.2) is 12.1 Å². The zero-order valence-electron chi connectivity index (χ0n) is 6.20. The van der Waals surface area contributed by atoms with Crippen molar-refractivity contribution in [2.24, 2.45) is 0 Å². The van der Waals surface area contributed by atoms with E-state index in [-0.39, 0.29) is 17.1 Å². The summed E-state index contributed by atoms with van der Waals surface area (Å²) in [6.07, 6.45) is 0. The highest BCUT2D eigenvalue weighted by Gasteiger charge is 2.06. The molecule has 1 aromatic carbocycles. The predicted molar refractivity (Wildman–Crippen MR) is 46.1 cm³/mol. The first kappa shape index (κ1) is 8.44. The van der Waals surface area contributed by atoms with Crippen LogP contribution in [0.1, 0.15) is 0 Å². The van der Waals surface area contributed by atoms with Gasteiger partial charge in [-0.25, -0.2) is 0 Å². The molecule has 6 heteroatoms. The van der Waals surface area contributed by atoms with Gasteiger partial charge in [-0.15, -0.1) is 0 Å². The predicted octanol–water partition coefficient (Wildman–Crippen LogP) is 0.453. The van der Waals surface area contributed by atoms with Crippen molar-refractivity contribution in [3.63, 3.8) is 0 Å². The number of hydrogen-bond donors (Lipinski definition) is 6. The van der Waals surface area contributed by atoms with Crippen molar-refractivity contribution >= 4 is 22.7 Å². The van der Waals surface area contributed by atoms with Gasteiger partial charge >= 0.3 is 0 Å². The fourth-order valence-electron chi connectivity index (χ4n) is 0.859. The van der Waals surface area contributed by atoms with Gasteiger partial charge in [0.15, 0.2) is 0 Å². The molecular formula is C6H10N4O2. The summed E-state index contributed by atoms with van der Waals surface area (Å²) in [6.45, 7) is 0. The number of benzene rings is 1. The van der Waals surface area contributed by atoms with E-state index in [1.54, 1.807) is 0 Å². The first-order chi connectivity index (χ1) is 5.70. The van der Waals surface area contributed by atoms with Crippen molar-refractivity contribution in [1.82, 2.24) is 0 Å². The van der Waals surface area contributed by atoms with Crippen molar-refractivity contribution in [3.05, 3.63) is 12.1 Å². The summed E-state index contributed by atoms with van der Waals surface area (Å²) in [5, 5.41) is 17.1. The van der Waals surface area contributed by atoms with E-state index < -0.39 is 0 Å². The zero-order chi connectivity index (χ0) is 9.14. The quantitative estimate of drug-likeness (QED) is 0.283. The molecule has 0 atom stereocenters. The monoisotopic (exact) mass is 170 g/mol. The Morgan fingerprint density at radius 2 is 1.75 bits per heavy atom.